The van der Waals surface area contributed by atoms with E-state index < -0.39 is 17.0 Å². The first-order chi connectivity index (χ1) is 10.1. The van der Waals surface area contributed by atoms with Gasteiger partial charge in [-0.3, -0.25) is 0 Å². The molecule has 0 amide bonds. The molecule has 1 atom stereocenters. The van der Waals surface area contributed by atoms with Crippen LogP contribution >= 0.6 is 11.6 Å². The maximum Gasteiger partial charge on any atom is 0.331 e. The van der Waals surface area contributed by atoms with E-state index in [4.69, 9.17) is 16.3 Å². The number of halogens is 1. The number of rotatable bonds is 5. The summed E-state index contributed by atoms with van der Waals surface area (Å²) in [6.07, 6.45) is 0.174. The molecule has 0 bridgehead atoms. The fraction of sp³-hybridized carbons (Fsp3) is 0.471. The van der Waals surface area contributed by atoms with Crippen LogP contribution in [0, 0.1) is 11.3 Å². The van der Waals surface area contributed by atoms with Gasteiger partial charge in [-0.15, -0.1) is 0 Å². The van der Waals surface area contributed by atoms with Crippen LogP contribution in [0.5, 0.6) is 0 Å². The molecular formula is C17H20ClNO3. The van der Waals surface area contributed by atoms with Crippen LogP contribution in [0.3, 0.4) is 0 Å². The largest absolute Gasteiger partial charge is 0.459 e. The molecule has 0 radical (unpaired) electrons. The van der Waals surface area contributed by atoms with Gasteiger partial charge >= 0.3 is 5.97 Å². The van der Waals surface area contributed by atoms with Crippen molar-refractivity contribution in [3.05, 3.63) is 34.9 Å². The number of hydrogen-bond acceptors (Lipinski definition) is 4. The molecule has 0 fully saturated rings. The Kier molecular flexibility index (Phi) is 5.73. The smallest absolute Gasteiger partial charge is 0.331 e. The fourth-order valence-electron chi connectivity index (χ4n) is 2.01. The Labute approximate surface area is 136 Å². The lowest BCUT2D eigenvalue weighted by molar-refractivity contribution is -0.160. The van der Waals surface area contributed by atoms with E-state index in [0.717, 1.165) is 0 Å². The highest BCUT2D eigenvalue weighted by atomic mass is 35.5. The third-order valence-corrected chi connectivity index (χ3v) is 3.34. The second-order valence-corrected chi connectivity index (χ2v) is 6.67. The van der Waals surface area contributed by atoms with Gasteiger partial charge < -0.3 is 9.53 Å². The van der Waals surface area contributed by atoms with E-state index in [1.54, 1.807) is 45.0 Å². The molecule has 0 N–H and O–H groups in total. The summed E-state index contributed by atoms with van der Waals surface area (Å²) in [6.45, 7) is 6.62. The van der Waals surface area contributed by atoms with Crippen molar-refractivity contribution in [3.8, 4) is 6.07 Å². The zero-order chi connectivity index (χ0) is 17.0. The lowest BCUT2D eigenvalue weighted by atomic mass is 9.77. The second-order valence-electron chi connectivity index (χ2n) is 6.23. The molecular weight excluding hydrogens is 302 g/mol. The number of hydrogen-bond donors (Lipinski definition) is 0. The van der Waals surface area contributed by atoms with Crippen LogP contribution in [0.15, 0.2) is 24.3 Å². The van der Waals surface area contributed by atoms with E-state index in [2.05, 4.69) is 6.07 Å². The van der Waals surface area contributed by atoms with Crippen molar-refractivity contribution in [3.63, 3.8) is 0 Å². The van der Waals surface area contributed by atoms with Crippen LogP contribution in [-0.2, 0) is 19.7 Å². The van der Waals surface area contributed by atoms with Crippen molar-refractivity contribution >= 4 is 23.4 Å². The number of Topliss-reactive ketones (excluding diaryl/α,β-unsaturated/α-hetero) is 1. The molecule has 1 rings (SSSR count). The first-order valence-corrected chi connectivity index (χ1v) is 7.39. The third-order valence-electron chi connectivity index (χ3n) is 3.11. The minimum absolute atomic E-state index is 0.0636. The monoisotopic (exact) mass is 321 g/mol. The van der Waals surface area contributed by atoms with E-state index in [9.17, 15) is 14.9 Å². The van der Waals surface area contributed by atoms with Gasteiger partial charge in [-0.1, -0.05) is 23.7 Å². The minimum Gasteiger partial charge on any atom is -0.459 e. The molecule has 22 heavy (non-hydrogen) atoms. The number of ketones is 1. The van der Waals surface area contributed by atoms with Gasteiger partial charge in [-0.2, -0.15) is 5.26 Å². The molecule has 1 aromatic rings. The molecule has 0 aromatic heterocycles. The van der Waals surface area contributed by atoms with Crippen molar-refractivity contribution in [1.29, 1.82) is 5.26 Å². The summed E-state index contributed by atoms with van der Waals surface area (Å²) in [5, 5.41) is 10.1. The zero-order valence-corrected chi connectivity index (χ0v) is 14.0. The van der Waals surface area contributed by atoms with Gasteiger partial charge in [0, 0.05) is 11.4 Å². The van der Waals surface area contributed by atoms with Crippen LogP contribution in [0.1, 0.15) is 46.1 Å². The van der Waals surface area contributed by atoms with Crippen LogP contribution in [0.4, 0.5) is 0 Å². The van der Waals surface area contributed by atoms with Crippen LogP contribution in [0.2, 0.25) is 5.02 Å². The summed E-state index contributed by atoms with van der Waals surface area (Å²) in [6, 6.07) is 8.60. The van der Waals surface area contributed by atoms with Crippen molar-refractivity contribution in [2.75, 3.05) is 0 Å². The average molecular weight is 322 g/mol. The Balaban J connectivity index is 3.32. The van der Waals surface area contributed by atoms with Crippen molar-refractivity contribution in [2.24, 2.45) is 0 Å². The summed E-state index contributed by atoms with van der Waals surface area (Å²) < 4.78 is 5.40. The molecule has 118 valence electrons. The summed E-state index contributed by atoms with van der Waals surface area (Å²) in [5.74, 6) is -0.753. The fourth-order valence-corrected chi connectivity index (χ4v) is 2.20. The number of carbonyl (C=O) groups excluding carboxylic acids is 2. The number of esters is 1. The molecule has 0 spiro atoms. The summed E-state index contributed by atoms with van der Waals surface area (Å²) in [7, 11) is 0. The first kappa shape index (κ1) is 18.2. The van der Waals surface area contributed by atoms with E-state index in [-0.39, 0.29) is 18.6 Å². The van der Waals surface area contributed by atoms with Crippen LogP contribution in [0.25, 0.3) is 0 Å². The van der Waals surface area contributed by atoms with E-state index in [1.165, 1.54) is 6.92 Å². The Morgan fingerprint density at radius 1 is 1.32 bits per heavy atom. The molecule has 0 aliphatic heterocycles. The van der Waals surface area contributed by atoms with Gasteiger partial charge in [0.15, 0.2) is 5.41 Å². The second kappa shape index (κ2) is 6.93. The predicted molar refractivity (Wildman–Crippen MR) is 84.5 cm³/mol. The summed E-state index contributed by atoms with van der Waals surface area (Å²) in [5.41, 5.74) is -1.82. The van der Waals surface area contributed by atoms with Gasteiger partial charge in [-0.25, -0.2) is 4.79 Å². The van der Waals surface area contributed by atoms with E-state index >= 15 is 0 Å². The van der Waals surface area contributed by atoms with Gasteiger partial charge in [0.05, 0.1) is 6.07 Å². The number of ether oxygens (including phenoxy) is 1. The van der Waals surface area contributed by atoms with Crippen molar-refractivity contribution in [2.45, 2.75) is 51.6 Å². The molecule has 1 aromatic carbocycles. The van der Waals surface area contributed by atoms with Gasteiger partial charge in [0.2, 0.25) is 0 Å². The SMILES string of the molecule is CC(=O)CC[C@@](C#N)(C(=O)OC(C)(C)C)c1cccc(Cl)c1. The average Bonchev–Trinajstić information content (AvgIpc) is 2.37. The topological polar surface area (TPSA) is 67.2 Å². The highest BCUT2D eigenvalue weighted by molar-refractivity contribution is 6.30. The molecule has 4 nitrogen and oxygen atoms in total. The molecule has 0 aliphatic rings. The van der Waals surface area contributed by atoms with Crippen LogP contribution < -0.4 is 0 Å². The molecule has 0 saturated heterocycles. The molecule has 0 unspecified atom stereocenters. The zero-order valence-electron chi connectivity index (χ0n) is 13.3. The maximum atomic E-state index is 12.6. The first-order valence-electron chi connectivity index (χ1n) is 7.01. The quantitative estimate of drug-likeness (QED) is 0.773. The highest BCUT2D eigenvalue weighted by Crippen LogP contribution is 2.33. The van der Waals surface area contributed by atoms with Gasteiger partial charge in [0.1, 0.15) is 11.4 Å². The molecule has 5 heteroatoms. The maximum absolute atomic E-state index is 12.6. The van der Waals surface area contributed by atoms with E-state index in [0.29, 0.717) is 10.6 Å². The Morgan fingerprint density at radius 2 is 1.95 bits per heavy atom. The molecule has 0 heterocycles. The lowest BCUT2D eigenvalue weighted by Crippen LogP contribution is -2.40. The van der Waals surface area contributed by atoms with Crippen molar-refractivity contribution in [1.82, 2.24) is 0 Å². The van der Waals surface area contributed by atoms with Crippen LogP contribution in [-0.4, -0.2) is 17.4 Å². The minimum atomic E-state index is -1.54. The number of nitrogens with zero attached hydrogens (tertiary/aromatic N) is 1. The van der Waals surface area contributed by atoms with Gasteiger partial charge in [0.25, 0.3) is 0 Å². The molecule has 0 saturated carbocycles. The normalized spacial score (nSPS) is 13.8. The Hall–Kier alpha value is -1.86. The number of carbonyl (C=O) groups is 2. The van der Waals surface area contributed by atoms with Crippen molar-refractivity contribution < 1.29 is 14.3 Å². The standard InChI is InChI=1S/C17H20ClNO3/c1-12(20)8-9-17(11-19,15(21)22-16(2,3)4)13-6-5-7-14(18)10-13/h5-7,10H,8-9H2,1-4H3/t17-/m0/s1. The highest BCUT2D eigenvalue weighted by Gasteiger charge is 2.44. The van der Waals surface area contributed by atoms with Gasteiger partial charge in [-0.05, 0) is 51.8 Å². The van der Waals surface area contributed by atoms with E-state index in [1.807, 2.05) is 0 Å². The predicted octanol–water partition coefficient (Wildman–Crippen LogP) is 3.81. The number of benzene rings is 1. The Morgan fingerprint density at radius 3 is 2.41 bits per heavy atom. The Bertz CT molecular complexity index is 613. The molecule has 0 aliphatic carbocycles. The summed E-state index contributed by atoms with van der Waals surface area (Å²) >= 11 is 5.98. The number of nitriles is 1. The lowest BCUT2D eigenvalue weighted by Gasteiger charge is -2.29. The summed E-state index contributed by atoms with van der Waals surface area (Å²) in [4.78, 5) is 24.0. The third kappa shape index (κ3) is 4.57.